The fourth-order valence-corrected chi connectivity index (χ4v) is 5.59. The number of benzene rings is 2. The van der Waals surface area contributed by atoms with Crippen molar-refractivity contribution in [1.82, 2.24) is 29.3 Å². The molecule has 0 atom stereocenters. The van der Waals surface area contributed by atoms with Gasteiger partial charge in [0.15, 0.2) is 0 Å². The molecule has 9 nitrogen and oxygen atoms in total. The summed E-state index contributed by atoms with van der Waals surface area (Å²) in [7, 11) is 3.79. The summed E-state index contributed by atoms with van der Waals surface area (Å²) in [4.78, 5) is 23.8. The molecule has 0 saturated carbocycles. The monoisotopic (exact) mass is 525 g/mol. The van der Waals surface area contributed by atoms with E-state index >= 15 is 0 Å². The summed E-state index contributed by atoms with van der Waals surface area (Å²) in [5.41, 5.74) is 5.08. The first-order chi connectivity index (χ1) is 19.1. The zero-order chi connectivity index (χ0) is 26.8. The maximum Gasteiger partial charge on any atom is 0.320 e. The van der Waals surface area contributed by atoms with Gasteiger partial charge >= 0.3 is 6.03 Å². The number of fused-ring (bicyclic) bond motifs is 1. The van der Waals surface area contributed by atoms with Gasteiger partial charge in [-0.05, 0) is 67.8 Å². The molecule has 1 N–H and O–H groups in total. The maximum atomic E-state index is 12.9. The molecule has 2 aliphatic rings. The first kappa shape index (κ1) is 25.2. The molecule has 0 radical (unpaired) electrons. The second-order valence-corrected chi connectivity index (χ2v) is 10.4. The fourth-order valence-electron chi connectivity index (χ4n) is 5.59. The summed E-state index contributed by atoms with van der Waals surface area (Å²) in [5, 5.41) is 8.11. The number of para-hydroxylation sites is 1. The lowest BCUT2D eigenvalue weighted by Crippen LogP contribution is -2.53. The van der Waals surface area contributed by atoms with Gasteiger partial charge in [-0.2, -0.15) is 0 Å². The molecule has 4 heterocycles. The molecular weight excluding hydrogens is 490 g/mol. The van der Waals surface area contributed by atoms with Crippen molar-refractivity contribution in [2.45, 2.75) is 18.8 Å². The highest BCUT2D eigenvalue weighted by molar-refractivity contribution is 5.75. The number of nitrogens with zero attached hydrogens (tertiary/aromatic N) is 6. The van der Waals surface area contributed by atoms with Crippen LogP contribution in [0.25, 0.3) is 16.8 Å². The Hall–Kier alpha value is -4.11. The van der Waals surface area contributed by atoms with Gasteiger partial charge in [-0.25, -0.2) is 14.3 Å². The minimum Gasteiger partial charge on any atom is -0.496 e. The Bertz CT molecular complexity index is 1440. The minimum atomic E-state index is 0.203. The smallest absolute Gasteiger partial charge is 0.320 e. The number of piperazine rings is 1. The van der Waals surface area contributed by atoms with Crippen LogP contribution in [0.5, 0.6) is 5.75 Å². The van der Waals surface area contributed by atoms with Crippen molar-refractivity contribution in [3.63, 3.8) is 0 Å². The van der Waals surface area contributed by atoms with Crippen molar-refractivity contribution >= 4 is 23.2 Å². The van der Waals surface area contributed by atoms with Crippen LogP contribution in [0.15, 0.2) is 66.9 Å². The second kappa shape index (κ2) is 10.9. The summed E-state index contributed by atoms with van der Waals surface area (Å²) in [6.45, 7) is 5.19. The fraction of sp³-hybridized carbons (Fsp3) is 0.367. The molecular formula is C30H35N7O2. The Balaban J connectivity index is 1.10. The molecule has 4 aromatic rings. The van der Waals surface area contributed by atoms with Crippen molar-refractivity contribution in [2.24, 2.45) is 0 Å². The highest BCUT2D eigenvalue weighted by Crippen LogP contribution is 2.32. The van der Waals surface area contributed by atoms with Crippen LogP contribution in [-0.2, 0) is 0 Å². The number of nitrogens with one attached hydrogen (secondary N) is 1. The Labute approximate surface area is 229 Å². The van der Waals surface area contributed by atoms with E-state index in [4.69, 9.17) is 9.84 Å². The van der Waals surface area contributed by atoms with Gasteiger partial charge in [-0.15, -0.1) is 5.10 Å². The van der Waals surface area contributed by atoms with Crippen LogP contribution in [0.2, 0.25) is 0 Å². The van der Waals surface area contributed by atoms with Crippen LogP contribution >= 0.6 is 0 Å². The van der Waals surface area contributed by atoms with E-state index in [2.05, 4.69) is 46.5 Å². The summed E-state index contributed by atoms with van der Waals surface area (Å²) in [6, 6.07) is 20.7. The lowest BCUT2D eigenvalue weighted by Gasteiger charge is -2.39. The number of likely N-dealkylation sites (N-methyl/N-ethyl adjacent to an activating group) is 1. The Morgan fingerprint density at radius 3 is 2.36 bits per heavy atom. The molecule has 0 aliphatic carbocycles. The average Bonchev–Trinajstić information content (AvgIpc) is 3.41. The number of rotatable bonds is 5. The Morgan fingerprint density at radius 1 is 0.897 bits per heavy atom. The van der Waals surface area contributed by atoms with Gasteiger partial charge in [0.1, 0.15) is 5.75 Å². The van der Waals surface area contributed by atoms with Crippen molar-refractivity contribution in [1.29, 1.82) is 0 Å². The molecule has 2 fully saturated rings. The first-order valence-corrected chi connectivity index (χ1v) is 13.7. The predicted molar refractivity (Wildman–Crippen MR) is 153 cm³/mol. The normalized spacial score (nSPS) is 17.0. The summed E-state index contributed by atoms with van der Waals surface area (Å²) in [6.07, 6.45) is 3.80. The lowest BCUT2D eigenvalue weighted by atomic mass is 9.89. The molecule has 6 rings (SSSR count). The summed E-state index contributed by atoms with van der Waals surface area (Å²) >= 11 is 0. The highest BCUT2D eigenvalue weighted by atomic mass is 16.5. The number of likely N-dealkylation sites (tertiary alicyclic amines) is 1. The first-order valence-electron chi connectivity index (χ1n) is 13.7. The molecule has 0 unspecified atom stereocenters. The number of carbonyl (C=O) groups is 1. The third kappa shape index (κ3) is 5.27. The zero-order valence-electron chi connectivity index (χ0n) is 22.6. The number of methoxy groups -OCH3 is 1. The quantitative estimate of drug-likeness (QED) is 0.407. The molecule has 2 aromatic heterocycles. The lowest BCUT2D eigenvalue weighted by molar-refractivity contribution is 0.113. The van der Waals surface area contributed by atoms with Crippen LogP contribution in [0, 0.1) is 0 Å². The molecule has 0 spiro atoms. The van der Waals surface area contributed by atoms with Crippen molar-refractivity contribution in [2.75, 3.05) is 58.7 Å². The SMILES string of the molecule is COc1ccccc1-c1ccc2cnc(Nc3ccc(C4CCN(C(=O)N5CCN(C)CC5)CC4)cc3)nn12. The highest BCUT2D eigenvalue weighted by Gasteiger charge is 2.28. The van der Waals surface area contributed by atoms with E-state index < -0.39 is 0 Å². The molecule has 2 amide bonds. The molecule has 202 valence electrons. The van der Waals surface area contributed by atoms with E-state index in [0.29, 0.717) is 11.9 Å². The van der Waals surface area contributed by atoms with Gasteiger partial charge in [-0.3, -0.25) is 0 Å². The molecule has 0 bridgehead atoms. The number of hydrogen-bond acceptors (Lipinski definition) is 6. The Morgan fingerprint density at radius 2 is 1.62 bits per heavy atom. The van der Waals surface area contributed by atoms with Gasteiger partial charge < -0.3 is 24.8 Å². The number of urea groups is 1. The predicted octanol–water partition coefficient (Wildman–Crippen LogP) is 4.70. The van der Waals surface area contributed by atoms with Gasteiger partial charge in [0.25, 0.3) is 0 Å². The molecule has 2 aliphatic heterocycles. The minimum absolute atomic E-state index is 0.203. The van der Waals surface area contributed by atoms with E-state index in [1.807, 2.05) is 56.9 Å². The number of carbonyl (C=O) groups excluding carboxylic acids is 1. The number of anilines is 2. The van der Waals surface area contributed by atoms with Crippen molar-refractivity contribution in [3.05, 3.63) is 72.4 Å². The van der Waals surface area contributed by atoms with Crippen LogP contribution < -0.4 is 10.1 Å². The molecule has 2 saturated heterocycles. The van der Waals surface area contributed by atoms with Crippen LogP contribution in [0.1, 0.15) is 24.3 Å². The third-order valence-corrected chi connectivity index (χ3v) is 7.96. The topological polar surface area (TPSA) is 78.2 Å². The van der Waals surface area contributed by atoms with Gasteiger partial charge in [0.05, 0.1) is 24.5 Å². The van der Waals surface area contributed by atoms with E-state index in [0.717, 1.165) is 80.3 Å². The van der Waals surface area contributed by atoms with Gasteiger partial charge in [0.2, 0.25) is 5.95 Å². The van der Waals surface area contributed by atoms with E-state index in [9.17, 15) is 4.79 Å². The number of amides is 2. The van der Waals surface area contributed by atoms with Gasteiger partial charge in [-0.1, -0.05) is 24.3 Å². The number of piperidine rings is 1. The molecule has 39 heavy (non-hydrogen) atoms. The summed E-state index contributed by atoms with van der Waals surface area (Å²) < 4.78 is 7.45. The van der Waals surface area contributed by atoms with Gasteiger partial charge in [0, 0.05) is 50.5 Å². The average molecular weight is 526 g/mol. The van der Waals surface area contributed by atoms with E-state index in [1.54, 1.807) is 7.11 Å². The van der Waals surface area contributed by atoms with Crippen molar-refractivity contribution in [3.8, 4) is 17.0 Å². The zero-order valence-corrected chi connectivity index (χ0v) is 22.6. The number of ether oxygens (including phenoxy) is 1. The van der Waals surface area contributed by atoms with Crippen LogP contribution in [0.3, 0.4) is 0 Å². The maximum absolute atomic E-state index is 12.9. The van der Waals surface area contributed by atoms with E-state index in [-0.39, 0.29) is 6.03 Å². The van der Waals surface area contributed by atoms with Crippen LogP contribution in [0.4, 0.5) is 16.4 Å². The molecule has 9 heteroatoms. The summed E-state index contributed by atoms with van der Waals surface area (Å²) in [5.74, 6) is 1.79. The van der Waals surface area contributed by atoms with E-state index in [1.165, 1.54) is 5.56 Å². The number of aromatic nitrogens is 3. The Kier molecular flexibility index (Phi) is 7.06. The van der Waals surface area contributed by atoms with Crippen LogP contribution in [-0.4, -0.2) is 88.8 Å². The second-order valence-electron chi connectivity index (χ2n) is 10.4. The largest absolute Gasteiger partial charge is 0.496 e. The molecule has 2 aromatic carbocycles. The third-order valence-electron chi connectivity index (χ3n) is 7.96. The standard InChI is InChI=1S/C30H35N7O2/c1-34-17-19-36(20-18-34)30(38)35-15-13-23(14-16-35)22-7-9-24(10-8-22)32-29-31-21-25-11-12-27(37(25)33-29)26-5-3-4-6-28(26)39-2/h3-12,21,23H,13-20H2,1-2H3,(H,32,33). The number of hydrogen-bond donors (Lipinski definition) is 1. The van der Waals surface area contributed by atoms with Crippen molar-refractivity contribution < 1.29 is 9.53 Å².